The van der Waals surface area contributed by atoms with Crippen LogP contribution < -0.4 is 21.7 Å². The fourth-order valence-corrected chi connectivity index (χ4v) is 7.48. The van der Waals surface area contributed by atoms with Gasteiger partial charge in [-0.05, 0) is 75.1 Å². The van der Waals surface area contributed by atoms with E-state index in [1.165, 1.54) is 4.90 Å². The van der Waals surface area contributed by atoms with E-state index in [0.717, 1.165) is 32.8 Å². The molecule has 6 N–H and O–H groups in total. The van der Waals surface area contributed by atoms with Gasteiger partial charge in [0.25, 0.3) is 0 Å². The smallest absolute Gasteiger partial charge is 0.407 e. The van der Waals surface area contributed by atoms with Crippen LogP contribution in [0, 0.1) is 12.3 Å². The maximum atomic E-state index is 14.0. The van der Waals surface area contributed by atoms with Crippen molar-refractivity contribution in [2.75, 3.05) is 19.8 Å². The Morgan fingerprint density at radius 2 is 1.62 bits per heavy atom. The third-order valence-electron chi connectivity index (χ3n) is 9.99. The van der Waals surface area contributed by atoms with Crippen LogP contribution in [-0.2, 0) is 53.0 Å². The average molecular weight is 851 g/mol. The molecule has 0 unspecified atom stereocenters. The van der Waals surface area contributed by atoms with Gasteiger partial charge in [-0.1, -0.05) is 69.3 Å². The van der Waals surface area contributed by atoms with Crippen LogP contribution in [0.3, 0.4) is 0 Å². The number of hydrogen-bond acceptors (Lipinski definition) is 11. The lowest BCUT2D eigenvalue weighted by atomic mass is 9.85. The molecule has 2 heterocycles. The molecule has 15 nitrogen and oxygen atoms in total. The largest absolute Gasteiger partial charge is 0.444 e. The SMILES string of the molecule is Cc1ncsc1-c1ccc(CNC(=O)[C@@H]2C[C@@H](O)CN2C(=O)[C@@H](NC(=O)COCCc2ccc(CO[C@H](C)[C@H](CCC(N)=O)NC(=O)OC(C)(C)C)cc2)C(C)(C)C)cc1. The second-order valence-corrected chi connectivity index (χ2v) is 18.2. The van der Waals surface area contributed by atoms with Gasteiger partial charge in [-0.2, -0.15) is 0 Å². The number of nitrogens with two attached hydrogens (primary N) is 1. The lowest BCUT2D eigenvalue weighted by Crippen LogP contribution is -2.58. The number of β-amino-alcohol motifs (C(OH)–C–C–N with tert-alkyl or cyclic N) is 1. The molecule has 0 spiro atoms. The number of thiazole rings is 1. The Labute approximate surface area is 357 Å². The summed E-state index contributed by atoms with van der Waals surface area (Å²) < 4.78 is 17.1. The molecule has 328 valence electrons. The van der Waals surface area contributed by atoms with E-state index in [9.17, 15) is 29.1 Å². The van der Waals surface area contributed by atoms with E-state index >= 15 is 0 Å². The summed E-state index contributed by atoms with van der Waals surface area (Å²) in [7, 11) is 0. The Morgan fingerprint density at radius 1 is 0.967 bits per heavy atom. The maximum Gasteiger partial charge on any atom is 0.407 e. The zero-order valence-electron chi connectivity index (χ0n) is 36.0. The molecule has 1 aliphatic rings. The van der Waals surface area contributed by atoms with E-state index < -0.39 is 65.2 Å². The van der Waals surface area contributed by atoms with Crippen molar-refractivity contribution in [3.05, 3.63) is 76.4 Å². The number of ether oxygens (including phenoxy) is 3. The van der Waals surface area contributed by atoms with E-state index in [0.29, 0.717) is 12.8 Å². The molecule has 1 aromatic heterocycles. The van der Waals surface area contributed by atoms with Crippen molar-refractivity contribution in [3.8, 4) is 10.4 Å². The molecule has 0 bridgehead atoms. The van der Waals surface area contributed by atoms with E-state index in [4.69, 9.17) is 19.9 Å². The highest BCUT2D eigenvalue weighted by atomic mass is 32.1. The highest BCUT2D eigenvalue weighted by Crippen LogP contribution is 2.28. The number of nitrogens with one attached hydrogen (secondary N) is 3. The van der Waals surface area contributed by atoms with Gasteiger partial charge in [-0.25, -0.2) is 9.78 Å². The van der Waals surface area contributed by atoms with Crippen LogP contribution in [0.5, 0.6) is 0 Å². The zero-order chi connectivity index (χ0) is 44.2. The van der Waals surface area contributed by atoms with Gasteiger partial charge >= 0.3 is 6.09 Å². The van der Waals surface area contributed by atoms with Crippen molar-refractivity contribution in [3.63, 3.8) is 0 Å². The van der Waals surface area contributed by atoms with Crippen molar-refractivity contribution < 1.29 is 43.3 Å². The zero-order valence-corrected chi connectivity index (χ0v) is 36.9. The predicted molar refractivity (Wildman–Crippen MR) is 228 cm³/mol. The molecule has 5 atom stereocenters. The first-order valence-electron chi connectivity index (χ1n) is 20.3. The van der Waals surface area contributed by atoms with Crippen LogP contribution in [0.2, 0.25) is 0 Å². The molecule has 2 aromatic carbocycles. The molecule has 3 aromatic rings. The van der Waals surface area contributed by atoms with E-state index in [1.807, 2.05) is 88.7 Å². The van der Waals surface area contributed by atoms with Gasteiger partial charge in [0.2, 0.25) is 23.6 Å². The van der Waals surface area contributed by atoms with Gasteiger partial charge in [0.15, 0.2) is 0 Å². The van der Waals surface area contributed by atoms with Crippen molar-refractivity contribution in [2.45, 2.75) is 130 Å². The number of carbonyl (C=O) groups excluding carboxylic acids is 5. The number of aliphatic hydroxyl groups is 1. The number of likely N-dealkylation sites (tertiary alicyclic amines) is 1. The van der Waals surface area contributed by atoms with Crippen molar-refractivity contribution in [1.82, 2.24) is 25.8 Å². The minimum Gasteiger partial charge on any atom is -0.444 e. The van der Waals surface area contributed by atoms with Gasteiger partial charge < -0.3 is 45.9 Å². The first-order chi connectivity index (χ1) is 28.2. The summed E-state index contributed by atoms with van der Waals surface area (Å²) in [5.74, 6) is -1.78. The summed E-state index contributed by atoms with van der Waals surface area (Å²) in [5.41, 5.74) is 10.5. The fraction of sp³-hybridized carbons (Fsp3) is 0.545. The number of amides is 5. The highest BCUT2D eigenvalue weighted by Gasteiger charge is 2.44. The lowest BCUT2D eigenvalue weighted by Gasteiger charge is -2.35. The molecule has 0 radical (unpaired) electrons. The first-order valence-corrected chi connectivity index (χ1v) is 21.2. The molecule has 5 amide bonds. The number of benzene rings is 2. The Hall–Kier alpha value is -4.90. The maximum absolute atomic E-state index is 14.0. The molecule has 4 rings (SSSR count). The number of primary amides is 1. The quantitative estimate of drug-likeness (QED) is 0.106. The molecule has 1 fully saturated rings. The van der Waals surface area contributed by atoms with Crippen LogP contribution in [-0.4, -0.2) is 100 Å². The van der Waals surface area contributed by atoms with Crippen molar-refractivity contribution >= 4 is 41.1 Å². The normalized spacial score (nSPS) is 17.1. The minimum absolute atomic E-state index is 0.0223. The second-order valence-electron chi connectivity index (χ2n) is 17.3. The Balaban J connectivity index is 1.23. The third-order valence-corrected chi connectivity index (χ3v) is 11.0. The second kappa shape index (κ2) is 21.6. The minimum atomic E-state index is -0.971. The molecule has 16 heteroatoms. The van der Waals surface area contributed by atoms with Crippen LogP contribution >= 0.6 is 11.3 Å². The molecule has 0 aliphatic carbocycles. The van der Waals surface area contributed by atoms with Crippen molar-refractivity contribution in [2.24, 2.45) is 11.1 Å². The summed E-state index contributed by atoms with van der Waals surface area (Å²) in [6.07, 6.45) is -0.919. The number of aromatic nitrogens is 1. The van der Waals surface area contributed by atoms with Gasteiger partial charge in [0.05, 0.1) is 47.5 Å². The number of aliphatic hydroxyl groups excluding tert-OH is 1. The molecule has 0 saturated carbocycles. The first kappa shape index (κ1) is 47.8. The average Bonchev–Trinajstić information content (AvgIpc) is 3.79. The molecule has 60 heavy (non-hydrogen) atoms. The summed E-state index contributed by atoms with van der Waals surface area (Å²) in [4.78, 5) is 71.1. The Kier molecular flexibility index (Phi) is 17.2. The summed E-state index contributed by atoms with van der Waals surface area (Å²) in [5, 5.41) is 19.1. The van der Waals surface area contributed by atoms with Crippen LogP contribution in [0.15, 0.2) is 54.0 Å². The van der Waals surface area contributed by atoms with Crippen molar-refractivity contribution in [1.29, 1.82) is 0 Å². The number of aryl methyl sites for hydroxylation is 1. The third kappa shape index (κ3) is 15.0. The van der Waals surface area contributed by atoms with Gasteiger partial charge in [-0.15, -0.1) is 11.3 Å². The molecule has 1 saturated heterocycles. The lowest BCUT2D eigenvalue weighted by molar-refractivity contribution is -0.144. The number of nitrogens with zero attached hydrogens (tertiary/aromatic N) is 2. The monoisotopic (exact) mass is 850 g/mol. The molecule has 1 aliphatic heterocycles. The molecular weight excluding hydrogens is 789 g/mol. The standard InChI is InChI=1S/C44H62N6O9S/c1-27-38(60-26-47-27)32-15-13-30(14-16-32)22-46-40(54)35-21-33(51)23-50(35)41(55)39(43(3,4)5)49-37(53)25-57-20-19-29-9-11-31(12-10-29)24-58-28(2)34(17-18-36(45)52)48-42(56)59-44(6,7)8/h9-16,26,28,33-35,39,51H,17-25H2,1-8H3,(H2,45,52)(H,46,54)(H,48,56)(H,49,53)/t28-,33-,34+,35+,39-/m1/s1. The molecular formula is C44H62N6O9S. The fourth-order valence-electron chi connectivity index (χ4n) is 6.66. The summed E-state index contributed by atoms with van der Waals surface area (Å²) in [6, 6.07) is 13.2. The van der Waals surface area contributed by atoms with E-state index in [2.05, 4.69) is 20.9 Å². The van der Waals surface area contributed by atoms with E-state index in [1.54, 1.807) is 32.1 Å². The Bertz CT molecular complexity index is 1910. The van der Waals surface area contributed by atoms with Crippen LogP contribution in [0.1, 0.15) is 90.1 Å². The van der Waals surface area contributed by atoms with Gasteiger partial charge in [-0.3, -0.25) is 19.2 Å². The summed E-state index contributed by atoms with van der Waals surface area (Å²) in [6.45, 7) is 15.0. The summed E-state index contributed by atoms with van der Waals surface area (Å²) >= 11 is 1.57. The number of rotatable bonds is 19. The predicted octanol–water partition coefficient (Wildman–Crippen LogP) is 4.55. The van der Waals surface area contributed by atoms with Gasteiger partial charge in [0, 0.05) is 25.9 Å². The van der Waals surface area contributed by atoms with Crippen LogP contribution in [0.4, 0.5) is 4.79 Å². The van der Waals surface area contributed by atoms with E-state index in [-0.39, 0.29) is 51.7 Å². The van der Waals surface area contributed by atoms with Crippen LogP contribution in [0.25, 0.3) is 10.4 Å². The van der Waals surface area contributed by atoms with Gasteiger partial charge in [0.1, 0.15) is 24.3 Å². The number of alkyl carbamates (subject to hydrolysis) is 1. The number of carbonyl (C=O) groups is 5. The Morgan fingerprint density at radius 3 is 2.22 bits per heavy atom. The highest BCUT2D eigenvalue weighted by molar-refractivity contribution is 7.13. The number of hydrogen-bond donors (Lipinski definition) is 5. The topological polar surface area (TPSA) is 212 Å².